The lowest BCUT2D eigenvalue weighted by Gasteiger charge is -2.10. The minimum absolute atomic E-state index is 0.00114. The van der Waals surface area contributed by atoms with Crippen molar-refractivity contribution in [1.82, 2.24) is 0 Å². The van der Waals surface area contributed by atoms with Crippen LogP contribution >= 0.6 is 0 Å². The van der Waals surface area contributed by atoms with E-state index in [4.69, 9.17) is 9.47 Å². The molecule has 0 heterocycles. The van der Waals surface area contributed by atoms with Crippen molar-refractivity contribution < 1.29 is 28.7 Å². The van der Waals surface area contributed by atoms with Gasteiger partial charge in [-0.2, -0.15) is 0 Å². The SMILES string of the molecule is COC(=O)c1ccc(OCC(=O)Nc2cccc(Oc3ccccc3)c2)c([N+](=O)[O-])c1. The first kappa shape index (κ1) is 21.3. The van der Waals surface area contributed by atoms with Crippen molar-refractivity contribution in [3.63, 3.8) is 0 Å². The Hall–Kier alpha value is -4.40. The summed E-state index contributed by atoms with van der Waals surface area (Å²) in [5.41, 5.74) is 0.0211. The summed E-state index contributed by atoms with van der Waals surface area (Å²) >= 11 is 0. The molecular weight excluding hydrogens is 404 g/mol. The number of nitro groups is 1. The molecule has 31 heavy (non-hydrogen) atoms. The number of carbonyl (C=O) groups is 2. The lowest BCUT2D eigenvalue weighted by Crippen LogP contribution is -2.20. The molecule has 3 rings (SSSR count). The first-order valence-electron chi connectivity index (χ1n) is 9.08. The lowest BCUT2D eigenvalue weighted by molar-refractivity contribution is -0.385. The highest BCUT2D eigenvalue weighted by atomic mass is 16.6. The number of para-hydroxylation sites is 1. The average molecular weight is 422 g/mol. The second kappa shape index (κ2) is 9.88. The minimum atomic E-state index is -0.718. The molecule has 158 valence electrons. The number of esters is 1. The topological polar surface area (TPSA) is 117 Å². The van der Waals surface area contributed by atoms with E-state index in [1.54, 1.807) is 36.4 Å². The normalized spacial score (nSPS) is 10.1. The van der Waals surface area contributed by atoms with Crippen molar-refractivity contribution in [3.05, 3.63) is 88.5 Å². The molecule has 0 spiro atoms. The fourth-order valence-electron chi connectivity index (χ4n) is 2.63. The van der Waals surface area contributed by atoms with Gasteiger partial charge in [-0.15, -0.1) is 0 Å². The maximum atomic E-state index is 12.2. The highest BCUT2D eigenvalue weighted by Crippen LogP contribution is 2.28. The van der Waals surface area contributed by atoms with E-state index >= 15 is 0 Å². The van der Waals surface area contributed by atoms with Gasteiger partial charge in [0, 0.05) is 17.8 Å². The molecule has 3 aromatic carbocycles. The molecule has 0 fully saturated rings. The molecule has 9 nitrogen and oxygen atoms in total. The second-order valence-electron chi connectivity index (χ2n) is 6.21. The molecule has 3 aromatic rings. The van der Waals surface area contributed by atoms with Gasteiger partial charge in [0.25, 0.3) is 5.91 Å². The third-order valence-corrected chi connectivity index (χ3v) is 4.03. The van der Waals surface area contributed by atoms with Crippen molar-refractivity contribution >= 4 is 23.3 Å². The highest BCUT2D eigenvalue weighted by molar-refractivity contribution is 5.92. The number of amides is 1. The number of anilines is 1. The molecule has 1 amide bonds. The Morgan fingerprint density at radius 3 is 2.42 bits per heavy atom. The van der Waals surface area contributed by atoms with Gasteiger partial charge in [0.05, 0.1) is 17.6 Å². The number of nitrogens with one attached hydrogen (secondary N) is 1. The van der Waals surface area contributed by atoms with E-state index in [9.17, 15) is 19.7 Å². The minimum Gasteiger partial charge on any atom is -0.477 e. The smallest absolute Gasteiger partial charge is 0.338 e. The number of carbonyl (C=O) groups excluding carboxylic acids is 2. The summed E-state index contributed by atoms with van der Waals surface area (Å²) in [6.45, 7) is -0.470. The van der Waals surface area contributed by atoms with Crippen LogP contribution in [-0.4, -0.2) is 30.5 Å². The Labute approximate surface area is 177 Å². The average Bonchev–Trinajstić information content (AvgIpc) is 2.78. The number of nitrogens with zero attached hydrogens (tertiary/aromatic N) is 1. The van der Waals surface area contributed by atoms with Gasteiger partial charge in [-0.1, -0.05) is 24.3 Å². The summed E-state index contributed by atoms with van der Waals surface area (Å²) in [4.78, 5) is 34.4. The molecule has 0 saturated carbocycles. The van der Waals surface area contributed by atoms with Crippen LogP contribution in [0.15, 0.2) is 72.8 Å². The molecule has 1 N–H and O–H groups in total. The Morgan fingerprint density at radius 2 is 1.71 bits per heavy atom. The van der Waals surface area contributed by atoms with Gasteiger partial charge in [-0.25, -0.2) is 4.79 Å². The molecule has 0 aliphatic carbocycles. The fourth-order valence-corrected chi connectivity index (χ4v) is 2.63. The van der Waals surface area contributed by atoms with E-state index in [-0.39, 0.29) is 11.3 Å². The van der Waals surface area contributed by atoms with Crippen molar-refractivity contribution in [2.24, 2.45) is 0 Å². The third kappa shape index (κ3) is 5.80. The summed E-state index contributed by atoms with van der Waals surface area (Å²) in [6.07, 6.45) is 0. The Morgan fingerprint density at radius 1 is 0.968 bits per heavy atom. The summed E-state index contributed by atoms with van der Waals surface area (Å²) in [6, 6.07) is 19.5. The lowest BCUT2D eigenvalue weighted by atomic mass is 10.2. The summed E-state index contributed by atoms with van der Waals surface area (Å²) in [5.74, 6) is -0.210. The van der Waals surface area contributed by atoms with E-state index in [0.29, 0.717) is 17.2 Å². The van der Waals surface area contributed by atoms with Crippen LogP contribution in [0, 0.1) is 10.1 Å². The summed E-state index contributed by atoms with van der Waals surface area (Å²) in [7, 11) is 1.17. The zero-order valence-electron chi connectivity index (χ0n) is 16.4. The maximum Gasteiger partial charge on any atom is 0.338 e. The summed E-state index contributed by atoms with van der Waals surface area (Å²) in [5, 5.41) is 13.9. The van der Waals surface area contributed by atoms with E-state index < -0.39 is 29.1 Å². The number of methoxy groups -OCH3 is 1. The molecule has 9 heteroatoms. The predicted molar refractivity (Wildman–Crippen MR) is 112 cm³/mol. The van der Waals surface area contributed by atoms with Gasteiger partial charge in [-0.05, 0) is 36.4 Å². The maximum absolute atomic E-state index is 12.2. The van der Waals surface area contributed by atoms with Crippen LogP contribution in [0.3, 0.4) is 0 Å². The molecular formula is C22H18N2O7. The van der Waals surface area contributed by atoms with Crippen molar-refractivity contribution in [2.45, 2.75) is 0 Å². The zero-order chi connectivity index (χ0) is 22.2. The molecule has 0 unspecified atom stereocenters. The van der Waals surface area contributed by atoms with Gasteiger partial charge >= 0.3 is 11.7 Å². The number of hydrogen-bond acceptors (Lipinski definition) is 7. The van der Waals surface area contributed by atoms with Crippen LogP contribution in [0.5, 0.6) is 17.2 Å². The van der Waals surface area contributed by atoms with Crippen molar-refractivity contribution in [1.29, 1.82) is 0 Å². The van der Waals surface area contributed by atoms with Gasteiger partial charge in [0.15, 0.2) is 12.4 Å². The highest BCUT2D eigenvalue weighted by Gasteiger charge is 2.20. The van der Waals surface area contributed by atoms with E-state index in [1.165, 1.54) is 19.2 Å². The monoisotopic (exact) mass is 422 g/mol. The van der Waals surface area contributed by atoms with Gasteiger partial charge in [0.1, 0.15) is 11.5 Å². The van der Waals surface area contributed by atoms with Gasteiger partial charge in [0.2, 0.25) is 0 Å². The number of benzene rings is 3. The number of hydrogen-bond donors (Lipinski definition) is 1. The standard InChI is InChI=1S/C22H18N2O7/c1-29-22(26)15-10-11-20(19(12-15)24(27)28)30-14-21(25)23-16-6-5-9-18(13-16)31-17-7-3-2-4-8-17/h2-13H,14H2,1H3,(H,23,25). The van der Waals surface area contributed by atoms with E-state index in [0.717, 1.165) is 6.07 Å². The van der Waals surface area contributed by atoms with Crippen LogP contribution in [0.1, 0.15) is 10.4 Å². The van der Waals surface area contributed by atoms with Crippen LogP contribution in [0.4, 0.5) is 11.4 Å². The van der Waals surface area contributed by atoms with Crippen molar-refractivity contribution in [3.8, 4) is 17.2 Å². The number of ether oxygens (including phenoxy) is 3. The van der Waals surface area contributed by atoms with E-state index in [2.05, 4.69) is 10.1 Å². The van der Waals surface area contributed by atoms with Crippen LogP contribution in [0.2, 0.25) is 0 Å². The number of nitro benzene ring substituents is 1. The molecule has 0 atom stereocenters. The predicted octanol–water partition coefficient (Wildman–Crippen LogP) is 4.19. The van der Waals surface area contributed by atoms with Crippen LogP contribution in [-0.2, 0) is 9.53 Å². The van der Waals surface area contributed by atoms with Crippen LogP contribution < -0.4 is 14.8 Å². The quantitative estimate of drug-likeness (QED) is 0.329. The number of rotatable bonds is 8. The molecule has 0 bridgehead atoms. The molecule has 0 radical (unpaired) electrons. The Bertz CT molecular complexity index is 1100. The van der Waals surface area contributed by atoms with E-state index in [1.807, 2.05) is 18.2 Å². The first-order valence-corrected chi connectivity index (χ1v) is 9.08. The second-order valence-corrected chi connectivity index (χ2v) is 6.21. The molecule has 0 saturated heterocycles. The fraction of sp³-hybridized carbons (Fsp3) is 0.0909. The first-order chi connectivity index (χ1) is 15.0. The van der Waals surface area contributed by atoms with Crippen molar-refractivity contribution in [2.75, 3.05) is 19.0 Å². The summed E-state index contributed by atoms with van der Waals surface area (Å²) < 4.78 is 15.6. The van der Waals surface area contributed by atoms with Gasteiger partial charge in [-0.3, -0.25) is 14.9 Å². The molecule has 0 aliphatic rings. The largest absolute Gasteiger partial charge is 0.477 e. The molecule has 0 aliphatic heterocycles. The van der Waals surface area contributed by atoms with Gasteiger partial charge < -0.3 is 19.5 Å². The third-order valence-electron chi connectivity index (χ3n) is 4.03. The molecule has 0 aromatic heterocycles. The Balaban J connectivity index is 1.63. The van der Waals surface area contributed by atoms with Crippen LogP contribution in [0.25, 0.3) is 0 Å². The Kier molecular flexibility index (Phi) is 6.79. The zero-order valence-corrected chi connectivity index (χ0v) is 16.4.